The van der Waals surface area contributed by atoms with Crippen LogP contribution in [0.1, 0.15) is 51.3 Å². The molecule has 1 atom stereocenters. The standard InChI is InChI=1S/C17H29N3O/c1-5-6-18-11-15-9-16(13(2)3)19-17(10-15)20-7-8-21-12-14(20)4/h9-10,13-14,18H,5-8,11-12H2,1-4H3. The molecule has 0 aromatic carbocycles. The molecule has 1 saturated heterocycles. The molecular weight excluding hydrogens is 262 g/mol. The number of rotatable bonds is 6. The summed E-state index contributed by atoms with van der Waals surface area (Å²) in [4.78, 5) is 7.25. The maximum absolute atomic E-state index is 5.54. The van der Waals surface area contributed by atoms with E-state index in [0.29, 0.717) is 12.0 Å². The van der Waals surface area contributed by atoms with Gasteiger partial charge in [0.15, 0.2) is 0 Å². The summed E-state index contributed by atoms with van der Waals surface area (Å²) in [6, 6.07) is 4.86. The number of nitrogens with zero attached hydrogens (tertiary/aromatic N) is 2. The fraction of sp³-hybridized carbons (Fsp3) is 0.706. The Morgan fingerprint density at radius 2 is 2.24 bits per heavy atom. The molecule has 4 heteroatoms. The number of aromatic nitrogens is 1. The van der Waals surface area contributed by atoms with Gasteiger partial charge in [0.25, 0.3) is 0 Å². The molecule has 1 aromatic rings. The molecule has 1 unspecified atom stereocenters. The van der Waals surface area contributed by atoms with Crippen molar-refractivity contribution in [3.8, 4) is 0 Å². The van der Waals surface area contributed by atoms with Crippen molar-refractivity contribution in [1.82, 2.24) is 10.3 Å². The smallest absolute Gasteiger partial charge is 0.129 e. The lowest BCUT2D eigenvalue weighted by Gasteiger charge is -2.35. The third-order valence-corrected chi connectivity index (χ3v) is 3.90. The van der Waals surface area contributed by atoms with Crippen molar-refractivity contribution in [2.75, 3.05) is 31.2 Å². The highest BCUT2D eigenvalue weighted by Gasteiger charge is 2.21. The predicted molar refractivity (Wildman–Crippen MR) is 88.0 cm³/mol. The Hall–Kier alpha value is -1.13. The monoisotopic (exact) mass is 291 g/mol. The molecule has 0 aliphatic carbocycles. The number of pyridine rings is 1. The minimum Gasteiger partial charge on any atom is -0.377 e. The first-order valence-electron chi connectivity index (χ1n) is 8.17. The minimum absolute atomic E-state index is 0.394. The maximum atomic E-state index is 5.54. The number of hydrogen-bond acceptors (Lipinski definition) is 4. The molecule has 1 aliphatic heterocycles. The zero-order valence-electron chi connectivity index (χ0n) is 13.9. The van der Waals surface area contributed by atoms with Gasteiger partial charge in [-0.15, -0.1) is 0 Å². The summed E-state index contributed by atoms with van der Waals surface area (Å²) < 4.78 is 5.54. The molecule has 1 fully saturated rings. The van der Waals surface area contributed by atoms with Crippen LogP contribution >= 0.6 is 0 Å². The maximum Gasteiger partial charge on any atom is 0.129 e. The van der Waals surface area contributed by atoms with Crippen molar-refractivity contribution in [3.63, 3.8) is 0 Å². The summed E-state index contributed by atoms with van der Waals surface area (Å²) in [6.45, 7) is 13.3. The SMILES string of the molecule is CCCNCc1cc(C(C)C)nc(N2CCOCC2C)c1. The molecule has 2 rings (SSSR count). The quantitative estimate of drug-likeness (QED) is 0.818. The fourth-order valence-corrected chi connectivity index (χ4v) is 2.62. The number of ether oxygens (including phenoxy) is 1. The van der Waals surface area contributed by atoms with Gasteiger partial charge in [0.05, 0.1) is 19.3 Å². The molecule has 0 saturated carbocycles. The van der Waals surface area contributed by atoms with Crippen LogP contribution in [0.5, 0.6) is 0 Å². The Bertz CT molecular complexity index is 448. The summed E-state index contributed by atoms with van der Waals surface area (Å²) in [5, 5.41) is 3.49. The molecule has 0 radical (unpaired) electrons. The van der Waals surface area contributed by atoms with Crippen LogP contribution in [0.2, 0.25) is 0 Å². The van der Waals surface area contributed by atoms with E-state index in [9.17, 15) is 0 Å². The molecule has 1 N–H and O–H groups in total. The molecule has 0 bridgehead atoms. The summed E-state index contributed by atoms with van der Waals surface area (Å²) in [5.74, 6) is 1.55. The molecule has 4 nitrogen and oxygen atoms in total. The van der Waals surface area contributed by atoms with Crippen LogP contribution in [0.15, 0.2) is 12.1 Å². The van der Waals surface area contributed by atoms with E-state index in [-0.39, 0.29) is 0 Å². The van der Waals surface area contributed by atoms with Gasteiger partial charge in [0.1, 0.15) is 5.82 Å². The molecule has 2 heterocycles. The van der Waals surface area contributed by atoms with Crippen LogP contribution in [-0.2, 0) is 11.3 Å². The highest BCUT2D eigenvalue weighted by molar-refractivity contribution is 5.44. The molecule has 1 aliphatic rings. The second kappa shape index (κ2) is 7.76. The number of morpholine rings is 1. The number of anilines is 1. The number of nitrogens with one attached hydrogen (secondary N) is 1. The first-order chi connectivity index (χ1) is 10.1. The second-order valence-electron chi connectivity index (χ2n) is 6.21. The molecule has 1 aromatic heterocycles. The van der Waals surface area contributed by atoms with Crippen molar-refractivity contribution >= 4 is 5.82 Å². The van der Waals surface area contributed by atoms with E-state index in [4.69, 9.17) is 9.72 Å². The van der Waals surface area contributed by atoms with Gasteiger partial charge in [0.2, 0.25) is 0 Å². The highest BCUT2D eigenvalue weighted by atomic mass is 16.5. The fourth-order valence-electron chi connectivity index (χ4n) is 2.62. The Balaban J connectivity index is 2.22. The average molecular weight is 291 g/mol. The van der Waals surface area contributed by atoms with E-state index in [2.05, 4.69) is 50.0 Å². The van der Waals surface area contributed by atoms with Gasteiger partial charge >= 0.3 is 0 Å². The Morgan fingerprint density at radius 1 is 1.43 bits per heavy atom. The molecule has 118 valence electrons. The van der Waals surface area contributed by atoms with E-state index in [1.807, 2.05) is 0 Å². The van der Waals surface area contributed by atoms with Crippen LogP contribution in [-0.4, -0.2) is 37.3 Å². The highest BCUT2D eigenvalue weighted by Crippen LogP contribution is 2.23. The molecule has 21 heavy (non-hydrogen) atoms. The van der Waals surface area contributed by atoms with Crippen molar-refractivity contribution in [2.24, 2.45) is 0 Å². The van der Waals surface area contributed by atoms with Crippen LogP contribution in [0.3, 0.4) is 0 Å². The predicted octanol–water partition coefficient (Wildman–Crippen LogP) is 2.93. The summed E-state index contributed by atoms with van der Waals surface area (Å²) in [7, 11) is 0. The minimum atomic E-state index is 0.394. The second-order valence-corrected chi connectivity index (χ2v) is 6.21. The van der Waals surface area contributed by atoms with Gasteiger partial charge in [-0.1, -0.05) is 20.8 Å². The van der Waals surface area contributed by atoms with Crippen LogP contribution in [0, 0.1) is 0 Å². The van der Waals surface area contributed by atoms with Crippen molar-refractivity contribution in [2.45, 2.75) is 52.6 Å². The summed E-state index contributed by atoms with van der Waals surface area (Å²) >= 11 is 0. The normalized spacial score (nSPS) is 19.3. The number of hydrogen-bond donors (Lipinski definition) is 1. The first-order valence-corrected chi connectivity index (χ1v) is 8.17. The Morgan fingerprint density at radius 3 is 2.90 bits per heavy atom. The average Bonchev–Trinajstić information content (AvgIpc) is 2.47. The molecule has 0 spiro atoms. The van der Waals surface area contributed by atoms with E-state index >= 15 is 0 Å². The van der Waals surface area contributed by atoms with E-state index in [0.717, 1.165) is 45.1 Å². The van der Waals surface area contributed by atoms with Crippen LogP contribution < -0.4 is 10.2 Å². The lowest BCUT2D eigenvalue weighted by molar-refractivity contribution is 0.0985. The van der Waals surface area contributed by atoms with E-state index in [1.165, 1.54) is 11.3 Å². The van der Waals surface area contributed by atoms with Crippen molar-refractivity contribution in [1.29, 1.82) is 0 Å². The van der Waals surface area contributed by atoms with Gasteiger partial charge < -0.3 is 15.0 Å². The third kappa shape index (κ3) is 4.42. The Labute approximate surface area is 128 Å². The lowest BCUT2D eigenvalue weighted by atomic mass is 10.1. The lowest BCUT2D eigenvalue weighted by Crippen LogP contribution is -2.44. The van der Waals surface area contributed by atoms with E-state index in [1.54, 1.807) is 0 Å². The first kappa shape index (κ1) is 16.2. The van der Waals surface area contributed by atoms with Gasteiger partial charge in [-0.05, 0) is 43.5 Å². The molecular formula is C17H29N3O. The summed E-state index contributed by atoms with van der Waals surface area (Å²) in [6.07, 6.45) is 1.16. The largest absolute Gasteiger partial charge is 0.377 e. The zero-order chi connectivity index (χ0) is 15.2. The Kier molecular flexibility index (Phi) is 6.00. The molecule has 0 amide bonds. The van der Waals surface area contributed by atoms with Crippen molar-refractivity contribution < 1.29 is 4.74 Å². The van der Waals surface area contributed by atoms with Crippen molar-refractivity contribution in [3.05, 3.63) is 23.4 Å². The van der Waals surface area contributed by atoms with Crippen LogP contribution in [0.4, 0.5) is 5.82 Å². The van der Waals surface area contributed by atoms with Gasteiger partial charge in [0, 0.05) is 18.8 Å². The zero-order valence-corrected chi connectivity index (χ0v) is 13.9. The van der Waals surface area contributed by atoms with Gasteiger partial charge in [-0.25, -0.2) is 4.98 Å². The topological polar surface area (TPSA) is 37.4 Å². The van der Waals surface area contributed by atoms with E-state index < -0.39 is 0 Å². The van der Waals surface area contributed by atoms with Gasteiger partial charge in [-0.2, -0.15) is 0 Å². The van der Waals surface area contributed by atoms with Crippen LogP contribution in [0.25, 0.3) is 0 Å². The van der Waals surface area contributed by atoms with Gasteiger partial charge in [-0.3, -0.25) is 0 Å². The summed E-state index contributed by atoms with van der Waals surface area (Å²) in [5.41, 5.74) is 2.51. The third-order valence-electron chi connectivity index (χ3n) is 3.90.